The summed E-state index contributed by atoms with van der Waals surface area (Å²) < 4.78 is 8.04. The third-order valence-corrected chi connectivity index (χ3v) is 6.75. The van der Waals surface area contributed by atoms with Gasteiger partial charge in [0.15, 0.2) is 17.1 Å². The van der Waals surface area contributed by atoms with Gasteiger partial charge in [-0.15, -0.1) is 27.0 Å². The van der Waals surface area contributed by atoms with Crippen LogP contribution in [0.25, 0.3) is 0 Å². The van der Waals surface area contributed by atoms with Crippen molar-refractivity contribution in [2.45, 2.75) is 64.3 Å². The molecule has 0 aliphatic carbocycles. The molecule has 1 atom stereocenters. The lowest BCUT2D eigenvalue weighted by molar-refractivity contribution is -0.113. The van der Waals surface area contributed by atoms with Crippen molar-refractivity contribution in [2.24, 2.45) is 0 Å². The van der Waals surface area contributed by atoms with Crippen LogP contribution in [0.2, 0.25) is 0 Å². The number of ether oxygens (including phenoxy) is 1. The molecule has 1 amide bonds. The lowest BCUT2D eigenvalue weighted by Gasteiger charge is -2.20. The number of rotatable bonds is 10. The van der Waals surface area contributed by atoms with E-state index < -0.39 is 0 Å². The van der Waals surface area contributed by atoms with E-state index in [9.17, 15) is 4.79 Å². The van der Waals surface area contributed by atoms with Gasteiger partial charge in [0.1, 0.15) is 10.8 Å². The number of nitrogens with one attached hydrogen (secondary N) is 1. The minimum atomic E-state index is -0.324. The van der Waals surface area contributed by atoms with Gasteiger partial charge in [-0.3, -0.25) is 14.7 Å². The van der Waals surface area contributed by atoms with E-state index in [1.807, 2.05) is 30.5 Å². The molecule has 0 saturated carbocycles. The summed E-state index contributed by atoms with van der Waals surface area (Å²) in [4.78, 5) is 12.3. The number of carbonyl (C=O) groups is 1. The first-order chi connectivity index (χ1) is 15.7. The number of aryl methyl sites for hydroxylation is 1. The highest BCUT2D eigenvalue weighted by molar-refractivity contribution is 7.99. The molecule has 10 heteroatoms. The monoisotopic (exact) mass is 486 g/mol. The van der Waals surface area contributed by atoms with E-state index in [-0.39, 0.29) is 23.2 Å². The van der Waals surface area contributed by atoms with Gasteiger partial charge in [-0.1, -0.05) is 69.0 Å². The number of hydrogen-bond acceptors (Lipinski definition) is 8. The lowest BCUT2D eigenvalue weighted by atomic mass is 9.87. The number of benzene rings is 1. The molecule has 1 unspecified atom stereocenters. The Kier molecular flexibility index (Phi) is 8.25. The van der Waals surface area contributed by atoms with E-state index >= 15 is 0 Å². The van der Waals surface area contributed by atoms with Gasteiger partial charge in [0.05, 0.1) is 5.75 Å². The molecule has 0 fully saturated rings. The van der Waals surface area contributed by atoms with Gasteiger partial charge in [-0.2, -0.15) is 0 Å². The molecule has 1 N–H and O–H groups in total. The molecule has 0 radical (unpaired) electrons. The lowest BCUT2D eigenvalue weighted by Crippen LogP contribution is -2.15. The van der Waals surface area contributed by atoms with E-state index in [1.54, 1.807) is 6.08 Å². The van der Waals surface area contributed by atoms with E-state index in [4.69, 9.17) is 4.74 Å². The molecular formula is C23H30N6O2S2. The van der Waals surface area contributed by atoms with Crippen LogP contribution < -0.4 is 10.1 Å². The van der Waals surface area contributed by atoms with Gasteiger partial charge in [0, 0.05) is 6.54 Å². The Bertz CT molecular complexity index is 1090. The smallest absolute Gasteiger partial charge is 0.236 e. The summed E-state index contributed by atoms with van der Waals surface area (Å²) in [7, 11) is 0. The van der Waals surface area contributed by atoms with Gasteiger partial charge < -0.3 is 4.74 Å². The topological polar surface area (TPSA) is 94.8 Å². The van der Waals surface area contributed by atoms with Crippen molar-refractivity contribution in [1.82, 2.24) is 25.0 Å². The summed E-state index contributed by atoms with van der Waals surface area (Å²) in [6.45, 7) is 14.8. The van der Waals surface area contributed by atoms with Gasteiger partial charge in [0.2, 0.25) is 11.0 Å². The number of amides is 1. The molecule has 3 aromatic rings. The molecule has 0 aliphatic heterocycles. The number of nitrogens with zero attached hydrogens (tertiary/aromatic N) is 5. The third-order valence-electron chi connectivity index (χ3n) is 4.80. The normalized spacial score (nSPS) is 12.4. The van der Waals surface area contributed by atoms with Crippen LogP contribution in [0.5, 0.6) is 5.75 Å². The Balaban J connectivity index is 1.65. The fourth-order valence-electron chi connectivity index (χ4n) is 3.03. The number of allylic oxidation sites excluding steroid dienone is 1. The molecular weight excluding hydrogens is 456 g/mol. The highest BCUT2D eigenvalue weighted by atomic mass is 32.2. The summed E-state index contributed by atoms with van der Waals surface area (Å²) in [6, 6.07) is 8.11. The largest absolute Gasteiger partial charge is 0.483 e. The second kappa shape index (κ2) is 10.9. The minimum Gasteiger partial charge on any atom is -0.483 e. The standard InChI is InChI=1S/C23H30N6O2S2/c1-7-13-29-20(15(3)31-17-11-9-16(10-12-17)23(4,5)6)26-28-22(29)32-14-18(30)24-21-27-25-19(8-2)33-21/h7,9-12,15H,1,8,13-14H2,2-6H3,(H,24,27,30). The fraction of sp³-hybridized carbons (Fsp3) is 0.435. The molecule has 0 spiro atoms. The van der Waals surface area contributed by atoms with Crippen molar-refractivity contribution in [1.29, 1.82) is 0 Å². The summed E-state index contributed by atoms with van der Waals surface area (Å²) in [5, 5.41) is 21.4. The van der Waals surface area contributed by atoms with Gasteiger partial charge >= 0.3 is 0 Å². The molecule has 2 heterocycles. The van der Waals surface area contributed by atoms with E-state index in [0.29, 0.717) is 22.7 Å². The molecule has 0 aliphatic rings. The summed E-state index contributed by atoms with van der Waals surface area (Å²) in [5.74, 6) is 1.45. The molecule has 3 rings (SSSR count). The second-order valence-electron chi connectivity index (χ2n) is 8.47. The maximum Gasteiger partial charge on any atom is 0.236 e. The summed E-state index contributed by atoms with van der Waals surface area (Å²) in [6.07, 6.45) is 2.24. The second-order valence-corrected chi connectivity index (χ2v) is 10.5. The number of aromatic nitrogens is 5. The maximum absolute atomic E-state index is 12.3. The Morgan fingerprint density at radius 2 is 1.97 bits per heavy atom. The van der Waals surface area contributed by atoms with Crippen LogP contribution in [0.1, 0.15) is 57.1 Å². The van der Waals surface area contributed by atoms with Crippen molar-refractivity contribution in [2.75, 3.05) is 11.1 Å². The average molecular weight is 487 g/mol. The van der Waals surface area contributed by atoms with Crippen molar-refractivity contribution < 1.29 is 9.53 Å². The molecule has 0 bridgehead atoms. The first kappa shape index (κ1) is 24.9. The Morgan fingerprint density at radius 3 is 2.58 bits per heavy atom. The highest BCUT2D eigenvalue weighted by Gasteiger charge is 2.20. The van der Waals surface area contributed by atoms with Gasteiger partial charge in [-0.05, 0) is 36.5 Å². The van der Waals surface area contributed by atoms with Gasteiger partial charge in [-0.25, -0.2) is 0 Å². The van der Waals surface area contributed by atoms with Crippen LogP contribution in [0.3, 0.4) is 0 Å². The zero-order valence-corrected chi connectivity index (χ0v) is 21.3. The van der Waals surface area contributed by atoms with Crippen molar-refractivity contribution in [3.63, 3.8) is 0 Å². The van der Waals surface area contributed by atoms with E-state index in [1.165, 1.54) is 28.7 Å². The molecule has 1 aromatic carbocycles. The average Bonchev–Trinajstić information content (AvgIpc) is 3.39. The number of carbonyl (C=O) groups excluding carboxylic acids is 1. The van der Waals surface area contributed by atoms with E-state index in [0.717, 1.165) is 17.2 Å². The summed E-state index contributed by atoms with van der Waals surface area (Å²) in [5.41, 5.74) is 1.33. The van der Waals surface area contributed by atoms with Crippen molar-refractivity contribution in [3.05, 3.63) is 53.3 Å². The highest BCUT2D eigenvalue weighted by Crippen LogP contribution is 2.28. The van der Waals surface area contributed by atoms with E-state index in [2.05, 4.69) is 65.2 Å². The number of anilines is 1. The fourth-order valence-corrected chi connectivity index (χ4v) is 4.48. The minimum absolute atomic E-state index is 0.0844. The third kappa shape index (κ3) is 6.64. The molecule has 0 saturated heterocycles. The van der Waals surface area contributed by atoms with Crippen LogP contribution in [0.4, 0.5) is 5.13 Å². The van der Waals surface area contributed by atoms with Crippen molar-refractivity contribution >= 4 is 34.1 Å². The SMILES string of the molecule is C=CCn1c(SCC(=O)Nc2nnc(CC)s2)nnc1C(C)Oc1ccc(C(C)(C)C)cc1. The van der Waals surface area contributed by atoms with Crippen LogP contribution in [-0.4, -0.2) is 36.6 Å². The molecule has 33 heavy (non-hydrogen) atoms. The summed E-state index contributed by atoms with van der Waals surface area (Å²) >= 11 is 2.69. The maximum atomic E-state index is 12.3. The predicted octanol–water partition coefficient (Wildman–Crippen LogP) is 5.05. The Morgan fingerprint density at radius 1 is 1.24 bits per heavy atom. The first-order valence-corrected chi connectivity index (χ1v) is 12.6. The zero-order valence-electron chi connectivity index (χ0n) is 19.7. The quantitative estimate of drug-likeness (QED) is 0.317. The zero-order chi connectivity index (χ0) is 24.0. The van der Waals surface area contributed by atoms with Crippen molar-refractivity contribution in [3.8, 4) is 5.75 Å². The van der Waals surface area contributed by atoms with Gasteiger partial charge in [0.25, 0.3) is 0 Å². The molecule has 2 aromatic heterocycles. The Hall–Kier alpha value is -2.72. The predicted molar refractivity (Wildman–Crippen MR) is 133 cm³/mol. The van der Waals surface area contributed by atoms with Crippen LogP contribution in [0, 0.1) is 0 Å². The molecule has 176 valence electrons. The molecule has 8 nitrogen and oxygen atoms in total. The Labute approximate surface area is 202 Å². The number of hydrogen-bond donors (Lipinski definition) is 1. The van der Waals surface area contributed by atoms with Crippen LogP contribution in [-0.2, 0) is 23.2 Å². The first-order valence-electron chi connectivity index (χ1n) is 10.8. The van der Waals surface area contributed by atoms with Crippen LogP contribution in [0.15, 0.2) is 42.1 Å². The number of thioether (sulfide) groups is 1. The van der Waals surface area contributed by atoms with Crippen LogP contribution >= 0.6 is 23.1 Å².